The zero-order valence-electron chi connectivity index (χ0n) is 45.6. The maximum absolute atomic E-state index is 12.7. The fraction of sp³-hybridized carbons (Fsp3) is 0.422. The van der Waals surface area contributed by atoms with Crippen LogP contribution in [-0.4, -0.2) is 43.4 Å². The number of hydrogen-bond donors (Lipinski definition) is 2. The minimum absolute atomic E-state index is 0.0232. The van der Waals surface area contributed by atoms with Crippen LogP contribution in [0.2, 0.25) is 0 Å². The molecule has 0 bridgehead atoms. The summed E-state index contributed by atoms with van der Waals surface area (Å²) in [6.45, 7) is 33.4. The highest BCUT2D eigenvalue weighted by Gasteiger charge is 2.30. The van der Waals surface area contributed by atoms with Crippen LogP contribution in [0.1, 0.15) is 156 Å². The Bertz CT molecular complexity index is 2420. The van der Waals surface area contributed by atoms with E-state index < -0.39 is 0 Å². The van der Waals surface area contributed by atoms with Gasteiger partial charge in [0.1, 0.15) is 6.10 Å². The molecule has 0 amide bonds. The van der Waals surface area contributed by atoms with E-state index in [2.05, 4.69) is 186 Å². The van der Waals surface area contributed by atoms with Crippen molar-refractivity contribution >= 4 is 45.2 Å². The molecule has 1 aliphatic carbocycles. The Morgan fingerprint density at radius 2 is 1.07 bits per heavy atom. The highest BCUT2D eigenvalue weighted by atomic mass is 16.5. The van der Waals surface area contributed by atoms with Crippen molar-refractivity contribution in [2.45, 2.75) is 159 Å². The maximum Gasteiger partial charge on any atom is 0.333 e. The van der Waals surface area contributed by atoms with Gasteiger partial charge in [0.15, 0.2) is 0 Å². The number of rotatable bonds is 17. The van der Waals surface area contributed by atoms with Gasteiger partial charge in [-0.15, -0.1) is 0 Å². The molecule has 0 aromatic heterocycles. The van der Waals surface area contributed by atoms with E-state index in [1.807, 2.05) is 27.7 Å². The average molecular weight is 946 g/mol. The van der Waals surface area contributed by atoms with Crippen LogP contribution in [0.3, 0.4) is 0 Å². The average Bonchev–Trinajstić information content (AvgIpc) is 3.36. The van der Waals surface area contributed by atoms with Crippen LogP contribution in [0.15, 0.2) is 121 Å². The number of unbranched alkanes of at least 4 members (excludes halogenated alkanes) is 2. The van der Waals surface area contributed by atoms with Crippen molar-refractivity contribution in [1.29, 1.82) is 0 Å². The van der Waals surface area contributed by atoms with E-state index in [4.69, 9.17) is 9.84 Å². The van der Waals surface area contributed by atoms with Gasteiger partial charge in [-0.2, -0.15) is 0 Å². The van der Waals surface area contributed by atoms with E-state index in [0.29, 0.717) is 5.57 Å². The van der Waals surface area contributed by atoms with Crippen LogP contribution in [0.5, 0.6) is 0 Å². The smallest absolute Gasteiger partial charge is 0.333 e. The first-order valence-electron chi connectivity index (χ1n) is 26.4. The van der Waals surface area contributed by atoms with Gasteiger partial charge in [0, 0.05) is 65.5 Å². The van der Waals surface area contributed by atoms with E-state index in [9.17, 15) is 4.79 Å². The van der Waals surface area contributed by atoms with E-state index >= 15 is 0 Å². The Balaban J connectivity index is 0.00000171. The fourth-order valence-corrected chi connectivity index (χ4v) is 10.4. The van der Waals surface area contributed by atoms with Crippen molar-refractivity contribution in [3.63, 3.8) is 0 Å². The number of benzene rings is 6. The van der Waals surface area contributed by atoms with Gasteiger partial charge in [0.25, 0.3) is 0 Å². The van der Waals surface area contributed by atoms with Crippen LogP contribution < -0.4 is 15.1 Å². The largest absolute Gasteiger partial charge is 0.457 e. The quantitative estimate of drug-likeness (QED) is 0.0540. The van der Waals surface area contributed by atoms with Gasteiger partial charge in [-0.1, -0.05) is 157 Å². The van der Waals surface area contributed by atoms with Gasteiger partial charge in [-0.05, 0) is 155 Å². The molecule has 2 N–H and O–H groups in total. The molecule has 0 spiro atoms. The lowest BCUT2D eigenvalue weighted by atomic mass is 9.82. The minimum Gasteiger partial charge on any atom is -0.457 e. The standard InChI is InChI=1S/C59H71N3O2.2C2H6.CH4O/c1-11-13-33-61(57-42(7)35-40(5)36-43(57)8)48-27-23-46(24-28-48)56(47-25-29-49(30-26-47)62(34-14-12-2)58-44(9)37-41(6)38-45(58)10)52-31-32-53(51-20-16-15-19-50(51)52)60-54-21-17-18-22-55(54)64-59(63)39(3)4;3*1-2/h15-16,19-20,23-32,35-38,54-56,60H,3,11-14,17-18,21-22,33-34H2,1-2,4-10H3;2*1-2H3;2H,1H3. The van der Waals surface area contributed by atoms with E-state index in [1.54, 1.807) is 6.92 Å². The van der Waals surface area contributed by atoms with Crippen molar-refractivity contribution in [1.82, 2.24) is 0 Å². The molecule has 1 fully saturated rings. The highest BCUT2D eigenvalue weighted by molar-refractivity contribution is 5.97. The Morgan fingerprint density at radius 3 is 1.50 bits per heavy atom. The molecule has 376 valence electrons. The number of esters is 1. The molecule has 1 saturated carbocycles. The van der Waals surface area contributed by atoms with E-state index in [1.165, 1.54) is 83.6 Å². The minimum atomic E-state index is -0.311. The van der Waals surface area contributed by atoms with Gasteiger partial charge in [0.05, 0.1) is 6.04 Å². The molecule has 1 aliphatic rings. The predicted molar refractivity (Wildman–Crippen MR) is 304 cm³/mol. The number of hydrogen-bond acceptors (Lipinski definition) is 6. The number of carbonyl (C=O) groups is 1. The zero-order chi connectivity index (χ0) is 51.5. The Labute approximate surface area is 424 Å². The molecular weight excluding hydrogens is 859 g/mol. The summed E-state index contributed by atoms with van der Waals surface area (Å²) in [5, 5.41) is 13.3. The second-order valence-corrected chi connectivity index (χ2v) is 18.6. The summed E-state index contributed by atoms with van der Waals surface area (Å²) >= 11 is 0. The third-order valence-corrected chi connectivity index (χ3v) is 13.3. The third-order valence-electron chi connectivity index (χ3n) is 13.3. The second-order valence-electron chi connectivity index (χ2n) is 18.6. The number of fused-ring (bicyclic) bond motifs is 1. The van der Waals surface area contributed by atoms with Crippen molar-refractivity contribution in [2.75, 3.05) is 35.3 Å². The molecule has 6 nitrogen and oxygen atoms in total. The summed E-state index contributed by atoms with van der Waals surface area (Å²) in [6, 6.07) is 41.5. The van der Waals surface area contributed by atoms with Crippen LogP contribution in [0.4, 0.5) is 28.4 Å². The molecular formula is C64H87N3O3. The summed E-state index contributed by atoms with van der Waals surface area (Å²) in [4.78, 5) is 17.8. The number of nitrogens with zero attached hydrogens (tertiary/aromatic N) is 2. The number of aryl methyl sites for hydroxylation is 6. The zero-order valence-corrected chi connectivity index (χ0v) is 45.6. The topological polar surface area (TPSA) is 65.0 Å². The number of nitrogens with one attached hydrogen (secondary N) is 1. The molecule has 6 aromatic carbocycles. The van der Waals surface area contributed by atoms with Gasteiger partial charge in [-0.25, -0.2) is 4.79 Å². The normalized spacial score (nSPS) is 14.0. The van der Waals surface area contributed by atoms with Crippen LogP contribution in [0.25, 0.3) is 10.8 Å². The lowest BCUT2D eigenvalue weighted by molar-refractivity contribution is -0.146. The van der Waals surface area contributed by atoms with Gasteiger partial charge < -0.3 is 25.0 Å². The number of aliphatic hydroxyl groups excluding tert-OH is 1. The molecule has 6 aromatic rings. The second kappa shape index (κ2) is 28.1. The SMILES string of the molecule is C=C(C)C(=O)OC1CCCCC1Nc1ccc(C(c2ccc(N(CCCC)c3c(C)cc(C)cc3C)cc2)c2ccc(N(CCCC)c3c(C)cc(C)cc3C)cc2)c2ccccc12.CC.CC.CO. The third kappa shape index (κ3) is 13.9. The van der Waals surface area contributed by atoms with Crippen molar-refractivity contribution in [3.05, 3.63) is 171 Å². The number of anilines is 5. The van der Waals surface area contributed by atoms with Gasteiger partial charge >= 0.3 is 5.97 Å². The van der Waals surface area contributed by atoms with Crippen LogP contribution >= 0.6 is 0 Å². The molecule has 6 heteroatoms. The maximum atomic E-state index is 12.7. The molecule has 0 heterocycles. The summed E-state index contributed by atoms with van der Waals surface area (Å²) in [5.74, 6) is -0.339. The van der Waals surface area contributed by atoms with Crippen molar-refractivity contribution < 1.29 is 14.6 Å². The first-order chi connectivity index (χ1) is 33.9. The van der Waals surface area contributed by atoms with E-state index in [-0.39, 0.29) is 24.0 Å². The summed E-state index contributed by atoms with van der Waals surface area (Å²) < 4.78 is 6.01. The highest BCUT2D eigenvalue weighted by Crippen LogP contribution is 2.42. The molecule has 7 rings (SSSR count). The summed E-state index contributed by atoms with van der Waals surface area (Å²) in [5.41, 5.74) is 18.2. The Hall–Kier alpha value is -5.85. The molecule has 0 radical (unpaired) electrons. The molecule has 0 aliphatic heterocycles. The lowest BCUT2D eigenvalue weighted by Gasteiger charge is -2.33. The Morgan fingerprint density at radius 1 is 0.643 bits per heavy atom. The number of aliphatic hydroxyl groups is 1. The van der Waals surface area contributed by atoms with Gasteiger partial charge in [0.2, 0.25) is 0 Å². The monoisotopic (exact) mass is 946 g/mol. The predicted octanol–water partition coefficient (Wildman–Crippen LogP) is 17.3. The fourth-order valence-electron chi connectivity index (χ4n) is 10.4. The summed E-state index contributed by atoms with van der Waals surface area (Å²) in [6.07, 6.45) is 8.23. The summed E-state index contributed by atoms with van der Waals surface area (Å²) in [7, 11) is 1.00. The molecule has 2 atom stereocenters. The van der Waals surface area contributed by atoms with Crippen molar-refractivity contribution in [2.24, 2.45) is 0 Å². The number of ether oxygens (including phenoxy) is 1. The first-order valence-corrected chi connectivity index (χ1v) is 26.4. The van der Waals surface area contributed by atoms with Crippen LogP contribution in [-0.2, 0) is 9.53 Å². The molecule has 0 saturated heterocycles. The number of carbonyl (C=O) groups excluding carboxylic acids is 1. The van der Waals surface area contributed by atoms with Crippen molar-refractivity contribution in [3.8, 4) is 0 Å². The lowest BCUT2D eigenvalue weighted by Crippen LogP contribution is -2.40. The Kier molecular flexibility index (Phi) is 22.8. The first kappa shape index (κ1) is 56.7. The van der Waals surface area contributed by atoms with Gasteiger partial charge in [-0.3, -0.25) is 0 Å². The van der Waals surface area contributed by atoms with E-state index in [0.717, 1.165) is 77.3 Å². The van der Waals surface area contributed by atoms with Crippen LogP contribution in [0, 0.1) is 41.5 Å². The molecule has 70 heavy (non-hydrogen) atoms. The molecule has 2 unspecified atom stereocenters.